The van der Waals surface area contributed by atoms with E-state index in [9.17, 15) is 20.1 Å². The minimum Gasteiger partial charge on any atom is -0.394 e. The molecule has 5 nitrogen and oxygen atoms in total. The van der Waals surface area contributed by atoms with Crippen molar-refractivity contribution in [3.05, 3.63) is 24.3 Å². The summed E-state index contributed by atoms with van der Waals surface area (Å²) in [5, 5.41) is 33.1. The Hall–Kier alpha value is -1.17. The second-order valence-electron chi connectivity index (χ2n) is 15.7. The summed E-state index contributed by atoms with van der Waals surface area (Å²) in [6.45, 7) is 4.20. The summed E-state index contributed by atoms with van der Waals surface area (Å²) in [5.74, 6) is -0.317. The van der Waals surface area contributed by atoms with Crippen molar-refractivity contribution in [2.45, 2.75) is 257 Å². The first-order chi connectivity index (χ1) is 25.0. The second kappa shape index (κ2) is 41.6. The van der Waals surface area contributed by atoms with Crippen LogP contribution in [0.1, 0.15) is 239 Å². The quantitative estimate of drug-likeness (QED) is 0.0374. The third kappa shape index (κ3) is 38.4. The van der Waals surface area contributed by atoms with Crippen LogP contribution in [0, 0.1) is 0 Å². The van der Waals surface area contributed by atoms with E-state index in [1.807, 2.05) is 6.08 Å². The van der Waals surface area contributed by atoms with Crippen LogP contribution in [0.2, 0.25) is 0 Å². The highest BCUT2D eigenvalue weighted by molar-refractivity contribution is 5.76. The molecule has 0 saturated carbocycles. The van der Waals surface area contributed by atoms with Crippen molar-refractivity contribution in [2.75, 3.05) is 6.61 Å². The van der Waals surface area contributed by atoms with E-state index >= 15 is 0 Å². The SMILES string of the molecule is CCCCCCCCCC/C=C/C(O)C(CO)NC(=O)CC(O)CCCCCCCCCCCC/C=C\CCCCCCCCCCCCCC. The number of amides is 1. The van der Waals surface area contributed by atoms with Crippen molar-refractivity contribution >= 4 is 5.91 Å². The Morgan fingerprint density at radius 1 is 0.490 bits per heavy atom. The van der Waals surface area contributed by atoms with Crippen molar-refractivity contribution in [1.82, 2.24) is 5.32 Å². The van der Waals surface area contributed by atoms with Crippen molar-refractivity contribution < 1.29 is 20.1 Å². The molecule has 0 aromatic heterocycles. The lowest BCUT2D eigenvalue weighted by Gasteiger charge is -2.21. The smallest absolute Gasteiger partial charge is 0.222 e. The predicted molar refractivity (Wildman–Crippen MR) is 222 cm³/mol. The molecule has 0 aliphatic rings. The van der Waals surface area contributed by atoms with Gasteiger partial charge in [-0.1, -0.05) is 212 Å². The van der Waals surface area contributed by atoms with Gasteiger partial charge < -0.3 is 20.6 Å². The van der Waals surface area contributed by atoms with E-state index < -0.39 is 18.2 Å². The Labute approximate surface area is 318 Å². The Morgan fingerprint density at radius 3 is 1.20 bits per heavy atom. The fourth-order valence-corrected chi connectivity index (χ4v) is 6.98. The maximum Gasteiger partial charge on any atom is 0.222 e. The molecular weight excluding hydrogens is 631 g/mol. The van der Waals surface area contributed by atoms with Crippen molar-refractivity contribution in [3.8, 4) is 0 Å². The molecule has 0 bridgehead atoms. The summed E-state index contributed by atoms with van der Waals surface area (Å²) in [6, 6.07) is -0.741. The van der Waals surface area contributed by atoms with Crippen LogP contribution in [-0.4, -0.2) is 46.1 Å². The Kier molecular flexibility index (Phi) is 40.6. The highest BCUT2D eigenvalue weighted by atomic mass is 16.3. The second-order valence-corrected chi connectivity index (χ2v) is 15.7. The number of rotatable bonds is 41. The molecular formula is C46H89NO4. The van der Waals surface area contributed by atoms with Gasteiger partial charge in [0.25, 0.3) is 0 Å². The fourth-order valence-electron chi connectivity index (χ4n) is 6.98. The average molecular weight is 720 g/mol. The molecule has 3 unspecified atom stereocenters. The lowest BCUT2D eigenvalue weighted by molar-refractivity contribution is -0.124. The molecule has 0 spiro atoms. The van der Waals surface area contributed by atoms with Crippen LogP contribution >= 0.6 is 0 Å². The molecule has 3 atom stereocenters. The number of aliphatic hydroxyl groups excluding tert-OH is 3. The van der Waals surface area contributed by atoms with E-state index in [1.54, 1.807) is 6.08 Å². The molecule has 4 N–H and O–H groups in total. The van der Waals surface area contributed by atoms with Gasteiger partial charge in [0.15, 0.2) is 0 Å². The molecule has 0 radical (unpaired) electrons. The number of nitrogens with one attached hydrogen (secondary N) is 1. The van der Waals surface area contributed by atoms with Crippen molar-refractivity contribution in [3.63, 3.8) is 0 Å². The molecule has 0 rings (SSSR count). The number of carbonyl (C=O) groups excluding carboxylic acids is 1. The van der Waals surface area contributed by atoms with Gasteiger partial charge in [-0.05, 0) is 44.9 Å². The average Bonchev–Trinajstić information content (AvgIpc) is 3.12. The summed E-state index contributed by atoms with van der Waals surface area (Å²) < 4.78 is 0. The summed E-state index contributed by atoms with van der Waals surface area (Å²) in [5.41, 5.74) is 0. The van der Waals surface area contributed by atoms with Gasteiger partial charge in [-0.3, -0.25) is 4.79 Å². The van der Waals surface area contributed by atoms with Crippen molar-refractivity contribution in [2.24, 2.45) is 0 Å². The first-order valence-corrected chi connectivity index (χ1v) is 22.6. The fraction of sp³-hybridized carbons (Fsp3) is 0.891. The van der Waals surface area contributed by atoms with E-state index in [2.05, 4.69) is 31.3 Å². The van der Waals surface area contributed by atoms with Crippen LogP contribution in [0.25, 0.3) is 0 Å². The van der Waals surface area contributed by atoms with E-state index in [4.69, 9.17) is 0 Å². The van der Waals surface area contributed by atoms with E-state index in [1.165, 1.54) is 186 Å². The van der Waals surface area contributed by atoms with Gasteiger partial charge in [0, 0.05) is 0 Å². The van der Waals surface area contributed by atoms with E-state index in [0.29, 0.717) is 6.42 Å². The lowest BCUT2D eigenvalue weighted by atomic mass is 10.0. The van der Waals surface area contributed by atoms with Crippen LogP contribution in [0.4, 0.5) is 0 Å². The third-order valence-electron chi connectivity index (χ3n) is 10.5. The van der Waals surface area contributed by atoms with Gasteiger partial charge in [0.1, 0.15) is 0 Å². The topological polar surface area (TPSA) is 89.8 Å². The molecule has 0 fully saturated rings. The van der Waals surface area contributed by atoms with Crippen LogP contribution in [0.15, 0.2) is 24.3 Å². The molecule has 0 aromatic carbocycles. The zero-order chi connectivity index (χ0) is 37.3. The minimum atomic E-state index is -0.925. The van der Waals surface area contributed by atoms with E-state index in [0.717, 1.165) is 25.7 Å². The molecule has 0 heterocycles. The zero-order valence-electron chi connectivity index (χ0n) is 34.2. The van der Waals surface area contributed by atoms with Crippen LogP contribution in [-0.2, 0) is 4.79 Å². The van der Waals surface area contributed by atoms with Crippen molar-refractivity contribution in [1.29, 1.82) is 0 Å². The van der Waals surface area contributed by atoms with Crippen LogP contribution in [0.5, 0.6) is 0 Å². The Morgan fingerprint density at radius 2 is 0.824 bits per heavy atom. The first-order valence-electron chi connectivity index (χ1n) is 22.6. The van der Waals surface area contributed by atoms with Gasteiger partial charge in [0.2, 0.25) is 5.91 Å². The van der Waals surface area contributed by atoms with Gasteiger partial charge in [0.05, 0.1) is 31.3 Å². The van der Waals surface area contributed by atoms with Crippen LogP contribution in [0.3, 0.4) is 0 Å². The van der Waals surface area contributed by atoms with Gasteiger partial charge >= 0.3 is 0 Å². The van der Waals surface area contributed by atoms with Gasteiger partial charge in [-0.2, -0.15) is 0 Å². The minimum absolute atomic E-state index is 0.0143. The summed E-state index contributed by atoms with van der Waals surface area (Å²) in [6.07, 6.45) is 50.5. The lowest BCUT2D eigenvalue weighted by Crippen LogP contribution is -2.45. The predicted octanol–water partition coefficient (Wildman–Crippen LogP) is 13.0. The number of hydrogen-bond acceptors (Lipinski definition) is 4. The highest BCUT2D eigenvalue weighted by Gasteiger charge is 2.20. The summed E-state index contributed by atoms with van der Waals surface area (Å²) >= 11 is 0. The molecule has 1 amide bonds. The molecule has 5 heteroatoms. The molecule has 0 aliphatic heterocycles. The molecule has 302 valence electrons. The number of hydrogen-bond donors (Lipinski definition) is 4. The number of carbonyl (C=O) groups is 1. The largest absolute Gasteiger partial charge is 0.394 e. The summed E-state index contributed by atoms with van der Waals surface area (Å²) in [4.78, 5) is 12.4. The van der Waals surface area contributed by atoms with Gasteiger partial charge in [-0.25, -0.2) is 0 Å². The molecule has 51 heavy (non-hydrogen) atoms. The molecule has 0 saturated heterocycles. The number of allylic oxidation sites excluding steroid dienone is 3. The summed E-state index contributed by atoms with van der Waals surface area (Å²) in [7, 11) is 0. The normalized spacial score (nSPS) is 13.7. The van der Waals surface area contributed by atoms with Crippen LogP contribution < -0.4 is 5.32 Å². The highest BCUT2D eigenvalue weighted by Crippen LogP contribution is 2.15. The van der Waals surface area contributed by atoms with E-state index in [-0.39, 0.29) is 18.9 Å². The molecule has 0 aliphatic carbocycles. The Balaban J connectivity index is 3.55. The standard InChI is InChI=1S/C46H89NO4/c1-3-5-7-9-11-13-15-16-17-18-19-20-21-22-23-24-25-26-27-28-29-30-31-33-35-37-39-43(49)41-46(51)47-44(42-48)45(50)40-38-36-34-32-14-12-10-8-6-4-2/h22-23,38,40,43-45,48-50H,3-21,24-37,39,41-42H2,1-2H3,(H,47,51)/b23-22-,40-38+. The zero-order valence-corrected chi connectivity index (χ0v) is 34.2. The number of aliphatic hydroxyl groups is 3. The number of unbranched alkanes of at least 4 members (excludes halogenated alkanes) is 30. The molecule has 0 aromatic rings. The Bertz CT molecular complexity index is 754. The maximum absolute atomic E-state index is 12.4. The third-order valence-corrected chi connectivity index (χ3v) is 10.5. The first kappa shape index (κ1) is 49.8. The monoisotopic (exact) mass is 720 g/mol. The van der Waals surface area contributed by atoms with Gasteiger partial charge in [-0.15, -0.1) is 0 Å². The maximum atomic E-state index is 12.4.